The molecule has 0 saturated carbocycles. The molecule has 0 aliphatic rings. The van der Waals surface area contributed by atoms with Gasteiger partial charge in [0.25, 0.3) is 0 Å². The smallest absolute Gasteiger partial charge is 0.319 e. The van der Waals surface area contributed by atoms with Crippen LogP contribution in [0.25, 0.3) is 0 Å². The van der Waals surface area contributed by atoms with Crippen LogP contribution in [0.4, 0.5) is 14.9 Å². The Morgan fingerprint density at radius 1 is 1.45 bits per heavy atom. The second-order valence-electron chi connectivity index (χ2n) is 5.86. The Morgan fingerprint density at radius 2 is 2.14 bits per heavy atom. The van der Waals surface area contributed by atoms with Gasteiger partial charge in [0.05, 0.1) is 23.9 Å². The van der Waals surface area contributed by atoms with Gasteiger partial charge in [0, 0.05) is 6.07 Å². The molecule has 1 unspecified atom stereocenters. The SMILES string of the molecule is CCCC(C)(CO)NC(=O)Nc1ccc(OC(C)C)cc1F. The second-order valence-corrected chi connectivity index (χ2v) is 5.86. The maximum atomic E-state index is 14.0. The molecule has 0 bridgehead atoms. The summed E-state index contributed by atoms with van der Waals surface area (Å²) >= 11 is 0. The van der Waals surface area contributed by atoms with Crippen LogP contribution in [-0.2, 0) is 0 Å². The zero-order chi connectivity index (χ0) is 16.8. The zero-order valence-electron chi connectivity index (χ0n) is 13.6. The number of hydrogen-bond donors (Lipinski definition) is 3. The van der Waals surface area contributed by atoms with Gasteiger partial charge in [0.1, 0.15) is 11.6 Å². The van der Waals surface area contributed by atoms with Gasteiger partial charge in [0.15, 0.2) is 0 Å². The fourth-order valence-corrected chi connectivity index (χ4v) is 2.10. The van der Waals surface area contributed by atoms with Crippen LogP contribution in [0, 0.1) is 5.82 Å². The first kappa shape index (κ1) is 18.2. The van der Waals surface area contributed by atoms with Crippen LogP contribution in [-0.4, -0.2) is 29.4 Å². The van der Waals surface area contributed by atoms with Crippen molar-refractivity contribution in [3.63, 3.8) is 0 Å². The maximum Gasteiger partial charge on any atom is 0.319 e. The number of aliphatic hydroxyl groups excluding tert-OH is 1. The molecule has 5 nitrogen and oxygen atoms in total. The molecule has 124 valence electrons. The van der Waals surface area contributed by atoms with E-state index in [1.165, 1.54) is 12.1 Å². The molecule has 0 saturated heterocycles. The number of urea groups is 1. The average molecular weight is 312 g/mol. The van der Waals surface area contributed by atoms with Crippen molar-refractivity contribution in [1.82, 2.24) is 5.32 Å². The van der Waals surface area contributed by atoms with Crippen molar-refractivity contribution in [3.8, 4) is 5.75 Å². The summed E-state index contributed by atoms with van der Waals surface area (Å²) in [7, 11) is 0. The van der Waals surface area contributed by atoms with Crippen LogP contribution in [0.1, 0.15) is 40.5 Å². The third-order valence-corrected chi connectivity index (χ3v) is 3.13. The number of rotatable bonds is 7. The van der Waals surface area contributed by atoms with Gasteiger partial charge in [-0.15, -0.1) is 0 Å². The Hall–Kier alpha value is -1.82. The van der Waals surface area contributed by atoms with E-state index in [-0.39, 0.29) is 18.4 Å². The van der Waals surface area contributed by atoms with E-state index in [1.54, 1.807) is 13.0 Å². The molecule has 2 amide bonds. The highest BCUT2D eigenvalue weighted by molar-refractivity contribution is 5.90. The molecular formula is C16H25FN2O3. The van der Waals surface area contributed by atoms with Crippen LogP contribution in [0.2, 0.25) is 0 Å². The van der Waals surface area contributed by atoms with E-state index < -0.39 is 17.4 Å². The van der Waals surface area contributed by atoms with E-state index in [9.17, 15) is 14.3 Å². The van der Waals surface area contributed by atoms with Crippen molar-refractivity contribution in [2.45, 2.75) is 52.2 Å². The molecule has 6 heteroatoms. The molecule has 1 aromatic rings. The quantitative estimate of drug-likeness (QED) is 0.723. The molecule has 0 aliphatic heterocycles. The highest BCUT2D eigenvalue weighted by Crippen LogP contribution is 2.22. The minimum atomic E-state index is -0.726. The van der Waals surface area contributed by atoms with Crippen molar-refractivity contribution in [2.75, 3.05) is 11.9 Å². The highest BCUT2D eigenvalue weighted by Gasteiger charge is 2.24. The summed E-state index contributed by atoms with van der Waals surface area (Å²) in [6, 6.07) is 3.72. The van der Waals surface area contributed by atoms with Gasteiger partial charge in [-0.25, -0.2) is 9.18 Å². The number of nitrogens with one attached hydrogen (secondary N) is 2. The number of anilines is 1. The Bertz CT molecular complexity index is 508. The topological polar surface area (TPSA) is 70.6 Å². The standard InChI is InChI=1S/C16H25FN2O3/c1-5-8-16(4,10-20)19-15(21)18-14-7-6-12(9-13(14)17)22-11(2)3/h6-7,9,11,20H,5,8,10H2,1-4H3,(H2,18,19,21). The zero-order valence-corrected chi connectivity index (χ0v) is 13.6. The normalized spacial score (nSPS) is 13.6. The summed E-state index contributed by atoms with van der Waals surface area (Å²) in [6.45, 7) is 7.21. The maximum absolute atomic E-state index is 14.0. The summed E-state index contributed by atoms with van der Waals surface area (Å²) in [5.41, 5.74) is -0.666. The molecule has 1 atom stereocenters. The third-order valence-electron chi connectivity index (χ3n) is 3.13. The van der Waals surface area contributed by atoms with Gasteiger partial charge in [-0.1, -0.05) is 13.3 Å². The first-order chi connectivity index (χ1) is 10.3. The predicted molar refractivity (Wildman–Crippen MR) is 84.7 cm³/mol. The molecule has 0 fully saturated rings. The Balaban J connectivity index is 2.72. The highest BCUT2D eigenvalue weighted by atomic mass is 19.1. The number of aliphatic hydroxyl groups is 1. The van der Waals surface area contributed by atoms with E-state index in [2.05, 4.69) is 10.6 Å². The van der Waals surface area contributed by atoms with Gasteiger partial charge < -0.3 is 20.5 Å². The van der Waals surface area contributed by atoms with Crippen LogP contribution < -0.4 is 15.4 Å². The monoisotopic (exact) mass is 312 g/mol. The van der Waals surface area contributed by atoms with Gasteiger partial charge >= 0.3 is 6.03 Å². The molecule has 0 heterocycles. The molecule has 22 heavy (non-hydrogen) atoms. The Kier molecular flexibility index (Phi) is 6.61. The summed E-state index contributed by atoms with van der Waals surface area (Å²) < 4.78 is 19.3. The molecule has 3 N–H and O–H groups in total. The Labute approximate surface area is 130 Å². The lowest BCUT2D eigenvalue weighted by atomic mass is 9.98. The predicted octanol–water partition coefficient (Wildman–Crippen LogP) is 3.29. The number of carbonyl (C=O) groups excluding carboxylic acids is 1. The largest absolute Gasteiger partial charge is 0.491 e. The van der Waals surface area contributed by atoms with Crippen LogP contribution in [0.15, 0.2) is 18.2 Å². The lowest BCUT2D eigenvalue weighted by Crippen LogP contribution is -2.50. The van der Waals surface area contributed by atoms with Gasteiger partial charge in [-0.05, 0) is 39.3 Å². The third kappa shape index (κ3) is 5.52. The number of hydrogen-bond acceptors (Lipinski definition) is 3. The summed E-state index contributed by atoms with van der Waals surface area (Å²) in [6.07, 6.45) is 1.38. The number of benzene rings is 1. The van der Waals surface area contributed by atoms with E-state index in [4.69, 9.17) is 4.74 Å². The van der Waals surface area contributed by atoms with E-state index in [0.29, 0.717) is 12.2 Å². The lowest BCUT2D eigenvalue weighted by molar-refractivity contribution is 0.167. The molecule has 0 aromatic heterocycles. The van der Waals surface area contributed by atoms with Crippen molar-refractivity contribution < 1.29 is 19.0 Å². The average Bonchev–Trinajstić information content (AvgIpc) is 2.41. The van der Waals surface area contributed by atoms with Crippen LogP contribution in [0.3, 0.4) is 0 Å². The summed E-state index contributed by atoms with van der Waals surface area (Å²) in [5.74, 6) is -0.167. The number of amides is 2. The molecule has 0 radical (unpaired) electrons. The van der Waals surface area contributed by atoms with Crippen molar-refractivity contribution >= 4 is 11.7 Å². The molecule has 0 spiro atoms. The minimum absolute atomic E-state index is 0.0548. The van der Waals surface area contributed by atoms with Crippen molar-refractivity contribution in [3.05, 3.63) is 24.0 Å². The Morgan fingerprint density at radius 3 is 2.64 bits per heavy atom. The molecular weight excluding hydrogens is 287 g/mol. The minimum Gasteiger partial charge on any atom is -0.491 e. The van der Waals surface area contributed by atoms with E-state index in [0.717, 1.165) is 6.42 Å². The number of halogens is 1. The number of ether oxygens (including phenoxy) is 1. The molecule has 1 rings (SSSR count). The molecule has 1 aromatic carbocycles. The van der Waals surface area contributed by atoms with Gasteiger partial charge in [-0.3, -0.25) is 0 Å². The fourth-order valence-electron chi connectivity index (χ4n) is 2.10. The number of carbonyl (C=O) groups is 1. The van der Waals surface area contributed by atoms with E-state index in [1.807, 2.05) is 20.8 Å². The lowest BCUT2D eigenvalue weighted by Gasteiger charge is -2.28. The van der Waals surface area contributed by atoms with Gasteiger partial charge in [-0.2, -0.15) is 0 Å². The fraction of sp³-hybridized carbons (Fsp3) is 0.562. The van der Waals surface area contributed by atoms with Crippen LogP contribution >= 0.6 is 0 Å². The second kappa shape index (κ2) is 7.98. The first-order valence-electron chi connectivity index (χ1n) is 7.46. The molecule has 0 aliphatic carbocycles. The van der Waals surface area contributed by atoms with E-state index >= 15 is 0 Å². The van der Waals surface area contributed by atoms with Crippen LogP contribution in [0.5, 0.6) is 5.75 Å². The summed E-state index contributed by atoms with van der Waals surface area (Å²) in [4.78, 5) is 11.9. The van der Waals surface area contributed by atoms with Crippen molar-refractivity contribution in [1.29, 1.82) is 0 Å². The summed E-state index contributed by atoms with van der Waals surface area (Å²) in [5, 5.41) is 14.5. The first-order valence-corrected chi connectivity index (χ1v) is 7.46. The van der Waals surface area contributed by atoms with Gasteiger partial charge in [0.2, 0.25) is 0 Å². The van der Waals surface area contributed by atoms with Crippen molar-refractivity contribution in [2.24, 2.45) is 0 Å².